The van der Waals surface area contributed by atoms with Gasteiger partial charge in [0.05, 0.1) is 27.4 Å². The lowest BCUT2D eigenvalue weighted by molar-refractivity contribution is -0.385. The quantitative estimate of drug-likeness (QED) is 0.685. The average Bonchev–Trinajstić information content (AvgIpc) is 2.42. The minimum Gasteiger partial charge on any atom is -0.430 e. The summed E-state index contributed by atoms with van der Waals surface area (Å²) in [5.74, 6) is 0.496. The maximum Gasteiger partial charge on any atom is 0.313 e. The summed E-state index contributed by atoms with van der Waals surface area (Å²) in [6.45, 7) is 0. The molecular weight excluding hydrogens is 307 g/mol. The Balaban J connectivity index is 2.41. The minimum absolute atomic E-state index is 0.0630. The molecule has 0 aliphatic rings. The predicted octanol–water partition coefficient (Wildman–Crippen LogP) is 3.53. The Morgan fingerprint density at radius 3 is 2.65 bits per heavy atom. The molecule has 9 heteroatoms. The standard InChI is InChI=1S/C11H8Cl2N4O3/c1-14-10-4-15-5-11(16-10)20-9-3-7(13)6(12)2-8(9)17(18)19/h2-5H,1H3,(H,14,16). The topological polar surface area (TPSA) is 90.2 Å². The molecule has 0 fully saturated rings. The van der Waals surface area contributed by atoms with Crippen LogP contribution in [-0.2, 0) is 0 Å². The molecule has 2 aromatic rings. The lowest BCUT2D eigenvalue weighted by Crippen LogP contribution is -1.98. The zero-order chi connectivity index (χ0) is 14.7. The van der Waals surface area contributed by atoms with Crippen molar-refractivity contribution in [3.05, 3.63) is 44.7 Å². The van der Waals surface area contributed by atoms with Gasteiger partial charge >= 0.3 is 5.69 Å². The summed E-state index contributed by atoms with van der Waals surface area (Å²) in [5, 5.41) is 14.0. The number of hydrogen-bond acceptors (Lipinski definition) is 6. The molecule has 0 aliphatic carbocycles. The van der Waals surface area contributed by atoms with E-state index in [4.69, 9.17) is 27.9 Å². The predicted molar refractivity (Wildman–Crippen MR) is 74.8 cm³/mol. The third-order valence-electron chi connectivity index (χ3n) is 2.28. The Morgan fingerprint density at radius 2 is 2.00 bits per heavy atom. The molecule has 2 rings (SSSR count). The summed E-state index contributed by atoms with van der Waals surface area (Å²) >= 11 is 11.6. The molecule has 20 heavy (non-hydrogen) atoms. The maximum atomic E-state index is 11.0. The van der Waals surface area contributed by atoms with Crippen molar-refractivity contribution in [2.45, 2.75) is 0 Å². The Hall–Kier alpha value is -2.12. The lowest BCUT2D eigenvalue weighted by Gasteiger charge is -2.07. The Kier molecular flexibility index (Phi) is 4.21. The minimum atomic E-state index is -0.618. The normalized spacial score (nSPS) is 10.2. The fourth-order valence-corrected chi connectivity index (χ4v) is 1.68. The highest BCUT2D eigenvalue weighted by molar-refractivity contribution is 6.42. The largest absolute Gasteiger partial charge is 0.430 e. The van der Waals surface area contributed by atoms with Crippen LogP contribution in [0.2, 0.25) is 10.0 Å². The van der Waals surface area contributed by atoms with Crippen LogP contribution >= 0.6 is 23.2 Å². The van der Waals surface area contributed by atoms with Gasteiger partial charge in [-0.1, -0.05) is 23.2 Å². The molecule has 0 spiro atoms. The third-order valence-corrected chi connectivity index (χ3v) is 3.00. The van der Waals surface area contributed by atoms with E-state index in [0.29, 0.717) is 5.82 Å². The van der Waals surface area contributed by atoms with Gasteiger partial charge in [-0.25, -0.2) is 0 Å². The maximum absolute atomic E-state index is 11.0. The van der Waals surface area contributed by atoms with E-state index in [1.165, 1.54) is 18.5 Å². The zero-order valence-corrected chi connectivity index (χ0v) is 11.6. The van der Waals surface area contributed by atoms with E-state index in [0.717, 1.165) is 6.07 Å². The molecule has 0 radical (unpaired) electrons. The van der Waals surface area contributed by atoms with E-state index in [9.17, 15) is 10.1 Å². The molecule has 0 saturated carbocycles. The molecule has 0 atom stereocenters. The van der Waals surface area contributed by atoms with Crippen molar-refractivity contribution in [2.24, 2.45) is 0 Å². The van der Waals surface area contributed by atoms with E-state index >= 15 is 0 Å². The number of nitro benzene ring substituents is 1. The third kappa shape index (κ3) is 3.06. The highest BCUT2D eigenvalue weighted by Crippen LogP contribution is 2.37. The summed E-state index contributed by atoms with van der Waals surface area (Å²) < 4.78 is 5.35. The van der Waals surface area contributed by atoms with Gasteiger partial charge in [0.1, 0.15) is 5.82 Å². The van der Waals surface area contributed by atoms with Crippen LogP contribution in [0.3, 0.4) is 0 Å². The SMILES string of the molecule is CNc1cncc(Oc2cc(Cl)c(Cl)cc2[N+](=O)[O-])n1. The second-order valence-corrected chi connectivity index (χ2v) is 4.40. The molecule has 0 unspecified atom stereocenters. The van der Waals surface area contributed by atoms with Gasteiger partial charge in [0.25, 0.3) is 0 Å². The van der Waals surface area contributed by atoms with Crippen LogP contribution in [-0.4, -0.2) is 21.9 Å². The molecule has 1 heterocycles. The van der Waals surface area contributed by atoms with Crippen molar-refractivity contribution < 1.29 is 9.66 Å². The van der Waals surface area contributed by atoms with Crippen molar-refractivity contribution in [3.63, 3.8) is 0 Å². The zero-order valence-electron chi connectivity index (χ0n) is 10.1. The van der Waals surface area contributed by atoms with E-state index < -0.39 is 4.92 Å². The molecule has 1 N–H and O–H groups in total. The van der Waals surface area contributed by atoms with Crippen molar-refractivity contribution in [1.29, 1.82) is 0 Å². The van der Waals surface area contributed by atoms with E-state index in [1.807, 2.05) is 0 Å². The number of rotatable bonds is 4. The molecular formula is C11H8Cl2N4O3. The van der Waals surface area contributed by atoms with Crippen LogP contribution in [0.4, 0.5) is 11.5 Å². The van der Waals surface area contributed by atoms with E-state index in [-0.39, 0.29) is 27.4 Å². The van der Waals surface area contributed by atoms with Crippen molar-refractivity contribution in [1.82, 2.24) is 9.97 Å². The highest BCUT2D eigenvalue weighted by Gasteiger charge is 2.19. The lowest BCUT2D eigenvalue weighted by atomic mass is 10.3. The first-order valence-corrected chi connectivity index (χ1v) is 6.08. The van der Waals surface area contributed by atoms with Gasteiger partial charge < -0.3 is 10.1 Å². The molecule has 0 amide bonds. The number of ether oxygens (including phenoxy) is 1. The van der Waals surface area contributed by atoms with Gasteiger partial charge in [-0.05, 0) is 0 Å². The van der Waals surface area contributed by atoms with Gasteiger partial charge in [-0.3, -0.25) is 15.1 Å². The van der Waals surface area contributed by atoms with Crippen LogP contribution in [0.25, 0.3) is 0 Å². The first-order valence-electron chi connectivity index (χ1n) is 5.32. The first kappa shape index (κ1) is 14.3. The number of hydrogen-bond donors (Lipinski definition) is 1. The molecule has 1 aromatic carbocycles. The van der Waals surface area contributed by atoms with Crippen LogP contribution in [0, 0.1) is 10.1 Å². The van der Waals surface area contributed by atoms with Crippen molar-refractivity contribution in [3.8, 4) is 11.6 Å². The van der Waals surface area contributed by atoms with Crippen LogP contribution in [0.5, 0.6) is 11.6 Å². The molecule has 104 valence electrons. The molecule has 0 bridgehead atoms. The monoisotopic (exact) mass is 314 g/mol. The fourth-order valence-electron chi connectivity index (χ4n) is 1.37. The Morgan fingerprint density at radius 1 is 1.30 bits per heavy atom. The van der Waals surface area contributed by atoms with Gasteiger partial charge in [-0.2, -0.15) is 4.98 Å². The van der Waals surface area contributed by atoms with Gasteiger partial charge in [0, 0.05) is 19.2 Å². The number of aromatic nitrogens is 2. The van der Waals surface area contributed by atoms with E-state index in [2.05, 4.69) is 15.3 Å². The number of nitrogens with one attached hydrogen (secondary N) is 1. The fraction of sp³-hybridized carbons (Fsp3) is 0.0909. The molecule has 7 nitrogen and oxygen atoms in total. The highest BCUT2D eigenvalue weighted by atomic mass is 35.5. The average molecular weight is 315 g/mol. The number of benzene rings is 1. The summed E-state index contributed by atoms with van der Waals surface area (Å²) in [6.07, 6.45) is 2.81. The first-order chi connectivity index (χ1) is 9.51. The number of halogens is 2. The summed E-state index contributed by atoms with van der Waals surface area (Å²) in [7, 11) is 1.66. The number of nitrogens with zero attached hydrogens (tertiary/aromatic N) is 3. The Labute approximate surface area is 123 Å². The summed E-state index contributed by atoms with van der Waals surface area (Å²) in [4.78, 5) is 18.3. The molecule has 0 aliphatic heterocycles. The van der Waals surface area contributed by atoms with Gasteiger partial charge in [0.15, 0.2) is 0 Å². The number of anilines is 1. The van der Waals surface area contributed by atoms with E-state index in [1.54, 1.807) is 7.05 Å². The molecule has 0 saturated heterocycles. The van der Waals surface area contributed by atoms with Gasteiger partial charge in [0.2, 0.25) is 11.6 Å². The second kappa shape index (κ2) is 5.89. The summed E-state index contributed by atoms with van der Waals surface area (Å²) in [5.41, 5.74) is -0.309. The second-order valence-electron chi connectivity index (χ2n) is 3.59. The Bertz CT molecular complexity index is 666. The smallest absolute Gasteiger partial charge is 0.313 e. The van der Waals surface area contributed by atoms with Crippen LogP contribution < -0.4 is 10.1 Å². The molecule has 1 aromatic heterocycles. The van der Waals surface area contributed by atoms with Crippen LogP contribution in [0.1, 0.15) is 0 Å². The number of nitro groups is 1. The van der Waals surface area contributed by atoms with Crippen molar-refractivity contribution >= 4 is 34.7 Å². The van der Waals surface area contributed by atoms with Crippen molar-refractivity contribution in [2.75, 3.05) is 12.4 Å². The van der Waals surface area contributed by atoms with Crippen LogP contribution in [0.15, 0.2) is 24.5 Å². The summed E-state index contributed by atoms with van der Waals surface area (Å²) in [6, 6.07) is 2.38. The van der Waals surface area contributed by atoms with Gasteiger partial charge in [-0.15, -0.1) is 0 Å².